The predicted molar refractivity (Wildman–Crippen MR) is 124 cm³/mol. The molecule has 0 aliphatic carbocycles. The lowest BCUT2D eigenvalue weighted by Gasteiger charge is -2.12. The van der Waals surface area contributed by atoms with E-state index in [1.807, 2.05) is 39.0 Å². The number of aliphatic imine (C=N–C) groups is 1. The molecule has 0 aliphatic rings. The van der Waals surface area contributed by atoms with Crippen molar-refractivity contribution in [1.82, 2.24) is 15.6 Å². The van der Waals surface area contributed by atoms with Crippen LogP contribution in [0.1, 0.15) is 30.7 Å². The third-order valence-corrected chi connectivity index (χ3v) is 4.00. The Morgan fingerprint density at radius 1 is 1.07 bits per heavy atom. The number of rotatable bonds is 10. The molecule has 0 radical (unpaired) electrons. The van der Waals surface area contributed by atoms with E-state index in [0.29, 0.717) is 36.3 Å². The van der Waals surface area contributed by atoms with Crippen molar-refractivity contribution in [3.8, 4) is 17.2 Å². The van der Waals surface area contributed by atoms with Crippen LogP contribution < -0.4 is 24.8 Å². The first-order chi connectivity index (χ1) is 13.5. The lowest BCUT2D eigenvalue weighted by Crippen LogP contribution is -2.38. The monoisotopic (exact) mass is 518 g/mol. The van der Waals surface area contributed by atoms with Gasteiger partial charge in [-0.15, -0.1) is 24.0 Å². The van der Waals surface area contributed by atoms with Gasteiger partial charge in [0.15, 0.2) is 5.96 Å². The normalized spacial score (nSPS) is 10.9. The Hall–Kier alpha value is -2.17. The van der Waals surface area contributed by atoms with E-state index in [4.69, 9.17) is 18.6 Å². The summed E-state index contributed by atoms with van der Waals surface area (Å²) in [5.74, 6) is 4.28. The second-order valence-corrected chi connectivity index (χ2v) is 6.12. The maximum atomic E-state index is 5.79. The lowest BCUT2D eigenvalue weighted by atomic mass is 10.3. The average molecular weight is 518 g/mol. The molecule has 9 heteroatoms. The van der Waals surface area contributed by atoms with Gasteiger partial charge in [-0.05, 0) is 27.2 Å². The van der Waals surface area contributed by atoms with Crippen molar-refractivity contribution in [2.75, 3.05) is 33.9 Å². The van der Waals surface area contributed by atoms with Crippen molar-refractivity contribution in [2.24, 2.45) is 4.99 Å². The molecule has 0 bridgehead atoms. The average Bonchev–Trinajstić information content (AvgIpc) is 3.02. The fraction of sp³-hybridized carbons (Fsp3) is 0.500. The Kier molecular flexibility index (Phi) is 11.3. The summed E-state index contributed by atoms with van der Waals surface area (Å²) in [6.45, 7) is 8.29. The number of halogens is 1. The molecule has 0 saturated carbocycles. The highest BCUT2D eigenvalue weighted by Crippen LogP contribution is 2.27. The third kappa shape index (κ3) is 8.38. The van der Waals surface area contributed by atoms with Gasteiger partial charge in [0.25, 0.3) is 0 Å². The van der Waals surface area contributed by atoms with Crippen LogP contribution in [0.25, 0.3) is 0 Å². The second kappa shape index (κ2) is 13.1. The summed E-state index contributed by atoms with van der Waals surface area (Å²) < 4.78 is 21.8. The first kappa shape index (κ1) is 24.9. The molecule has 0 aliphatic heterocycles. The first-order valence-electron chi connectivity index (χ1n) is 9.36. The van der Waals surface area contributed by atoms with Crippen LogP contribution in [0.4, 0.5) is 0 Å². The van der Waals surface area contributed by atoms with Gasteiger partial charge < -0.3 is 29.3 Å². The fourth-order valence-electron chi connectivity index (χ4n) is 2.43. The summed E-state index contributed by atoms with van der Waals surface area (Å²) in [4.78, 5) is 8.85. The minimum absolute atomic E-state index is 0. The molecule has 29 heavy (non-hydrogen) atoms. The Labute approximate surface area is 189 Å². The smallest absolute Gasteiger partial charge is 0.216 e. The molecule has 0 spiro atoms. The van der Waals surface area contributed by atoms with Crippen molar-refractivity contribution in [3.05, 3.63) is 35.5 Å². The van der Waals surface area contributed by atoms with Gasteiger partial charge in [-0.1, -0.05) is 0 Å². The zero-order valence-electron chi connectivity index (χ0n) is 17.7. The van der Waals surface area contributed by atoms with E-state index in [0.717, 1.165) is 36.9 Å². The van der Waals surface area contributed by atoms with Gasteiger partial charge in [-0.25, -0.2) is 9.98 Å². The number of oxazole rings is 1. The SMILES string of the molecule is CCNC(=NCc1nc(C)c(C)o1)NCCCOc1cc(OC)cc(OC)c1.I. The molecule has 2 rings (SSSR count). The Bertz CT molecular complexity index is 738. The number of nitrogens with one attached hydrogen (secondary N) is 2. The van der Waals surface area contributed by atoms with Crippen molar-refractivity contribution >= 4 is 29.9 Å². The van der Waals surface area contributed by atoms with Crippen LogP contribution in [0.3, 0.4) is 0 Å². The van der Waals surface area contributed by atoms with Gasteiger partial charge in [0.05, 0.1) is 26.5 Å². The van der Waals surface area contributed by atoms with Gasteiger partial charge >= 0.3 is 0 Å². The Morgan fingerprint density at radius 3 is 2.28 bits per heavy atom. The molecular formula is C20H31IN4O4. The van der Waals surface area contributed by atoms with E-state index in [9.17, 15) is 0 Å². The van der Waals surface area contributed by atoms with Gasteiger partial charge in [-0.3, -0.25) is 0 Å². The molecule has 1 aromatic heterocycles. The number of nitrogens with zero attached hydrogens (tertiary/aromatic N) is 2. The summed E-state index contributed by atoms with van der Waals surface area (Å²) >= 11 is 0. The van der Waals surface area contributed by atoms with Crippen LogP contribution in [0, 0.1) is 13.8 Å². The zero-order valence-corrected chi connectivity index (χ0v) is 20.0. The molecule has 0 fully saturated rings. The van der Waals surface area contributed by atoms with E-state index >= 15 is 0 Å². The number of methoxy groups -OCH3 is 2. The second-order valence-electron chi connectivity index (χ2n) is 6.12. The number of hydrogen-bond donors (Lipinski definition) is 2. The molecule has 162 valence electrons. The largest absolute Gasteiger partial charge is 0.496 e. The van der Waals surface area contributed by atoms with Crippen LogP contribution in [0.2, 0.25) is 0 Å². The van der Waals surface area contributed by atoms with Gasteiger partial charge in [-0.2, -0.15) is 0 Å². The third-order valence-electron chi connectivity index (χ3n) is 4.00. The van der Waals surface area contributed by atoms with Crippen LogP contribution in [0.15, 0.2) is 27.6 Å². The quantitative estimate of drug-likeness (QED) is 0.216. The fourth-order valence-corrected chi connectivity index (χ4v) is 2.43. The Morgan fingerprint density at radius 2 is 1.72 bits per heavy atom. The maximum absolute atomic E-state index is 5.79. The number of hydrogen-bond acceptors (Lipinski definition) is 6. The molecule has 2 aromatic rings. The minimum Gasteiger partial charge on any atom is -0.496 e. The number of ether oxygens (including phenoxy) is 3. The van der Waals surface area contributed by atoms with Gasteiger partial charge in [0, 0.05) is 31.3 Å². The van der Waals surface area contributed by atoms with E-state index < -0.39 is 0 Å². The zero-order chi connectivity index (χ0) is 20.4. The summed E-state index contributed by atoms with van der Waals surface area (Å²) in [6.07, 6.45) is 0.807. The molecule has 2 N–H and O–H groups in total. The van der Waals surface area contributed by atoms with Gasteiger partial charge in [0.2, 0.25) is 5.89 Å². The minimum atomic E-state index is 0. The van der Waals surface area contributed by atoms with Crippen LogP contribution in [0.5, 0.6) is 17.2 Å². The van der Waals surface area contributed by atoms with Crippen LogP contribution in [-0.4, -0.2) is 44.9 Å². The summed E-state index contributed by atoms with van der Waals surface area (Å²) in [6, 6.07) is 5.48. The van der Waals surface area contributed by atoms with E-state index in [1.165, 1.54) is 0 Å². The first-order valence-corrected chi connectivity index (χ1v) is 9.36. The predicted octanol–water partition coefficient (Wildman–Crippen LogP) is 3.45. The molecule has 8 nitrogen and oxygen atoms in total. The molecule has 1 heterocycles. The number of guanidine groups is 1. The molecule has 0 atom stereocenters. The highest BCUT2D eigenvalue weighted by molar-refractivity contribution is 14.0. The van der Waals surface area contributed by atoms with E-state index in [-0.39, 0.29) is 24.0 Å². The molecule has 0 saturated heterocycles. The molecular weight excluding hydrogens is 487 g/mol. The van der Waals surface area contributed by atoms with Crippen molar-refractivity contribution in [2.45, 2.75) is 33.7 Å². The molecule has 0 unspecified atom stereocenters. The maximum Gasteiger partial charge on any atom is 0.216 e. The summed E-state index contributed by atoms with van der Waals surface area (Å²) in [5, 5.41) is 6.49. The van der Waals surface area contributed by atoms with Crippen molar-refractivity contribution in [3.63, 3.8) is 0 Å². The van der Waals surface area contributed by atoms with E-state index in [2.05, 4.69) is 20.6 Å². The number of aromatic nitrogens is 1. The van der Waals surface area contributed by atoms with E-state index in [1.54, 1.807) is 14.2 Å². The summed E-state index contributed by atoms with van der Waals surface area (Å²) in [5.41, 5.74) is 0.898. The molecule has 0 amide bonds. The van der Waals surface area contributed by atoms with Crippen LogP contribution in [-0.2, 0) is 6.54 Å². The molecule has 1 aromatic carbocycles. The van der Waals surface area contributed by atoms with Crippen molar-refractivity contribution < 1.29 is 18.6 Å². The lowest BCUT2D eigenvalue weighted by molar-refractivity contribution is 0.305. The standard InChI is InChI=1S/C20H30N4O4.HI/c1-6-21-20(23-13-19-24-14(2)15(3)28-19)22-8-7-9-27-18-11-16(25-4)10-17(12-18)26-5;/h10-12H,6-9,13H2,1-5H3,(H2,21,22,23);1H. The highest BCUT2D eigenvalue weighted by Gasteiger charge is 2.06. The number of aryl methyl sites for hydroxylation is 2. The van der Waals surface area contributed by atoms with Crippen LogP contribution >= 0.6 is 24.0 Å². The topological polar surface area (TPSA) is 90.1 Å². The van der Waals surface area contributed by atoms with Crippen molar-refractivity contribution in [1.29, 1.82) is 0 Å². The Balaban J connectivity index is 0.00000420. The highest BCUT2D eigenvalue weighted by atomic mass is 127. The van der Waals surface area contributed by atoms with Gasteiger partial charge in [0.1, 0.15) is 29.6 Å². The summed E-state index contributed by atoms with van der Waals surface area (Å²) in [7, 11) is 3.23. The number of benzene rings is 1.